The lowest BCUT2D eigenvalue weighted by atomic mass is 9.94. The smallest absolute Gasteiger partial charge is 0.228 e. The van der Waals surface area contributed by atoms with Crippen molar-refractivity contribution in [2.75, 3.05) is 11.9 Å². The van der Waals surface area contributed by atoms with E-state index in [4.69, 9.17) is 5.73 Å². The lowest BCUT2D eigenvalue weighted by Crippen LogP contribution is -2.36. The summed E-state index contributed by atoms with van der Waals surface area (Å²) in [5.41, 5.74) is 7.65. The predicted octanol–water partition coefficient (Wildman–Crippen LogP) is 3.98. The number of anilines is 1. The van der Waals surface area contributed by atoms with E-state index in [9.17, 15) is 14.0 Å². The average molecular weight is 434 g/mol. The van der Waals surface area contributed by atoms with Gasteiger partial charge in [-0.3, -0.25) is 9.59 Å². The fraction of sp³-hybridized carbons (Fsp3) is 0.391. The maximum Gasteiger partial charge on any atom is 0.228 e. The Kier molecular flexibility index (Phi) is 8.81. The molecule has 1 unspecified atom stereocenters. The maximum absolute atomic E-state index is 13.7. The number of benzene rings is 2. The van der Waals surface area contributed by atoms with Gasteiger partial charge in [0.2, 0.25) is 11.8 Å². The molecule has 1 aliphatic rings. The zero-order valence-electron chi connectivity index (χ0n) is 17.1. The molecule has 3 atom stereocenters. The molecule has 5 nitrogen and oxygen atoms in total. The van der Waals surface area contributed by atoms with E-state index in [1.807, 2.05) is 25.1 Å². The van der Waals surface area contributed by atoms with E-state index in [0.29, 0.717) is 17.8 Å². The highest BCUT2D eigenvalue weighted by atomic mass is 35.5. The van der Waals surface area contributed by atoms with E-state index < -0.39 is 5.82 Å². The molecule has 2 amide bonds. The first-order valence-electron chi connectivity index (χ1n) is 10.1. The highest BCUT2D eigenvalue weighted by Gasteiger charge is 2.32. The summed E-state index contributed by atoms with van der Waals surface area (Å²) in [6.07, 6.45) is 2.89. The van der Waals surface area contributed by atoms with E-state index in [1.54, 1.807) is 24.3 Å². The topological polar surface area (TPSA) is 84.2 Å². The van der Waals surface area contributed by atoms with Crippen LogP contribution < -0.4 is 16.4 Å². The van der Waals surface area contributed by atoms with Gasteiger partial charge < -0.3 is 16.4 Å². The van der Waals surface area contributed by atoms with Crippen molar-refractivity contribution in [2.45, 2.75) is 38.6 Å². The van der Waals surface area contributed by atoms with Crippen LogP contribution in [0.2, 0.25) is 0 Å². The van der Waals surface area contributed by atoms with Crippen LogP contribution in [-0.4, -0.2) is 18.4 Å². The Hall–Kier alpha value is -2.44. The second kappa shape index (κ2) is 11.1. The minimum Gasteiger partial charge on any atom is -0.349 e. The van der Waals surface area contributed by atoms with Crippen molar-refractivity contribution in [1.29, 1.82) is 0 Å². The number of rotatable bonds is 7. The fourth-order valence-corrected chi connectivity index (χ4v) is 3.97. The van der Waals surface area contributed by atoms with Crippen LogP contribution in [0.4, 0.5) is 10.1 Å². The van der Waals surface area contributed by atoms with Crippen molar-refractivity contribution in [3.63, 3.8) is 0 Å². The minimum atomic E-state index is -0.393. The Morgan fingerprint density at radius 2 is 1.93 bits per heavy atom. The van der Waals surface area contributed by atoms with E-state index in [0.717, 1.165) is 24.8 Å². The molecule has 2 aromatic rings. The van der Waals surface area contributed by atoms with Gasteiger partial charge in [-0.25, -0.2) is 4.39 Å². The summed E-state index contributed by atoms with van der Waals surface area (Å²) in [5.74, 6) is -0.409. The van der Waals surface area contributed by atoms with Crippen molar-refractivity contribution < 1.29 is 14.0 Å². The van der Waals surface area contributed by atoms with Crippen molar-refractivity contribution in [3.8, 4) is 0 Å². The molecule has 162 valence electrons. The molecule has 7 heteroatoms. The Morgan fingerprint density at radius 3 is 2.67 bits per heavy atom. The summed E-state index contributed by atoms with van der Waals surface area (Å²) in [6.45, 7) is 2.46. The van der Waals surface area contributed by atoms with Crippen molar-refractivity contribution in [2.24, 2.45) is 17.6 Å². The summed E-state index contributed by atoms with van der Waals surface area (Å²) in [7, 11) is 0. The largest absolute Gasteiger partial charge is 0.349 e. The quantitative estimate of drug-likeness (QED) is 0.617. The third-order valence-corrected chi connectivity index (χ3v) is 5.64. The monoisotopic (exact) mass is 433 g/mol. The standard InChI is InChI=1S/C23H28FN3O2.ClH/c1-15(26-23(29)20-10-5-8-18(20)14-25)16-7-4-9-19(12-16)27-22(28)13-17-6-2-3-11-21(17)24;/h2-4,6-7,9,11-12,15,18,20H,5,8,10,13-14,25H2,1H3,(H,26,29)(H,27,28);1H/t15?,18-,20-;/m1./s1. The number of carbonyl (C=O) groups is 2. The first-order valence-corrected chi connectivity index (χ1v) is 10.1. The molecular formula is C23H29ClFN3O2. The van der Waals surface area contributed by atoms with Gasteiger partial charge >= 0.3 is 0 Å². The van der Waals surface area contributed by atoms with Gasteiger partial charge in [0.15, 0.2) is 0 Å². The molecular weight excluding hydrogens is 405 g/mol. The minimum absolute atomic E-state index is 0. The van der Waals surface area contributed by atoms with Gasteiger partial charge in [0.1, 0.15) is 5.82 Å². The molecule has 4 N–H and O–H groups in total. The molecule has 0 saturated heterocycles. The zero-order valence-corrected chi connectivity index (χ0v) is 17.9. The molecule has 0 heterocycles. The first-order chi connectivity index (χ1) is 14.0. The van der Waals surface area contributed by atoms with Crippen LogP contribution in [0.5, 0.6) is 0 Å². The molecule has 0 bridgehead atoms. The van der Waals surface area contributed by atoms with Crippen LogP contribution in [0, 0.1) is 17.7 Å². The fourth-order valence-electron chi connectivity index (χ4n) is 3.97. The molecule has 0 aromatic heterocycles. The van der Waals surface area contributed by atoms with Crippen LogP contribution in [0.1, 0.15) is 43.4 Å². The summed E-state index contributed by atoms with van der Waals surface area (Å²) < 4.78 is 13.7. The molecule has 3 rings (SSSR count). The van der Waals surface area contributed by atoms with Crippen LogP contribution in [-0.2, 0) is 16.0 Å². The summed E-state index contributed by atoms with van der Waals surface area (Å²) >= 11 is 0. The van der Waals surface area contributed by atoms with Crippen LogP contribution in [0.25, 0.3) is 0 Å². The van der Waals surface area contributed by atoms with E-state index >= 15 is 0 Å². The summed E-state index contributed by atoms with van der Waals surface area (Å²) in [6, 6.07) is 13.4. The van der Waals surface area contributed by atoms with Crippen molar-refractivity contribution in [1.82, 2.24) is 5.32 Å². The Labute approximate surface area is 183 Å². The van der Waals surface area contributed by atoms with Gasteiger partial charge in [0, 0.05) is 11.6 Å². The van der Waals surface area contributed by atoms with Crippen LogP contribution in [0.3, 0.4) is 0 Å². The molecule has 1 aliphatic carbocycles. The summed E-state index contributed by atoms with van der Waals surface area (Å²) in [4.78, 5) is 24.9. The number of nitrogens with two attached hydrogens (primary N) is 1. The van der Waals surface area contributed by atoms with Gasteiger partial charge in [-0.15, -0.1) is 12.4 Å². The molecule has 2 aromatic carbocycles. The zero-order chi connectivity index (χ0) is 20.8. The van der Waals surface area contributed by atoms with Crippen LogP contribution in [0.15, 0.2) is 48.5 Å². The van der Waals surface area contributed by atoms with Crippen molar-refractivity contribution in [3.05, 3.63) is 65.5 Å². The van der Waals surface area contributed by atoms with E-state index in [1.165, 1.54) is 6.07 Å². The molecule has 0 radical (unpaired) electrons. The molecule has 1 saturated carbocycles. The number of halogens is 2. The van der Waals surface area contributed by atoms with E-state index in [-0.39, 0.29) is 48.5 Å². The maximum atomic E-state index is 13.7. The predicted molar refractivity (Wildman–Crippen MR) is 119 cm³/mol. The van der Waals surface area contributed by atoms with Crippen LogP contribution >= 0.6 is 12.4 Å². The molecule has 0 spiro atoms. The molecule has 30 heavy (non-hydrogen) atoms. The normalized spacial score (nSPS) is 18.9. The Balaban J connectivity index is 0.00000320. The Morgan fingerprint density at radius 1 is 1.17 bits per heavy atom. The van der Waals surface area contributed by atoms with Gasteiger partial charge in [0.25, 0.3) is 0 Å². The third-order valence-electron chi connectivity index (χ3n) is 5.64. The lowest BCUT2D eigenvalue weighted by Gasteiger charge is -2.21. The number of hydrogen-bond donors (Lipinski definition) is 3. The summed E-state index contributed by atoms with van der Waals surface area (Å²) in [5, 5.41) is 5.88. The third kappa shape index (κ3) is 6.03. The highest BCUT2D eigenvalue weighted by Crippen LogP contribution is 2.31. The molecule has 0 aliphatic heterocycles. The van der Waals surface area contributed by atoms with Gasteiger partial charge in [-0.05, 0) is 61.6 Å². The SMILES string of the molecule is CC(NC(=O)[C@@H]1CCC[C@@H]1CN)c1cccc(NC(=O)Cc2ccccc2F)c1.Cl. The van der Waals surface area contributed by atoms with Gasteiger partial charge in [0.05, 0.1) is 12.5 Å². The number of carbonyl (C=O) groups excluding carboxylic acids is 2. The second-order valence-electron chi connectivity index (χ2n) is 7.71. The Bertz CT molecular complexity index is 877. The highest BCUT2D eigenvalue weighted by molar-refractivity contribution is 5.92. The van der Waals surface area contributed by atoms with E-state index in [2.05, 4.69) is 10.6 Å². The number of amides is 2. The van der Waals surface area contributed by atoms with Gasteiger partial charge in [-0.2, -0.15) is 0 Å². The second-order valence-corrected chi connectivity index (χ2v) is 7.71. The van der Waals surface area contributed by atoms with Crippen molar-refractivity contribution >= 4 is 29.9 Å². The molecule has 1 fully saturated rings. The average Bonchev–Trinajstić information content (AvgIpc) is 3.19. The first kappa shape index (κ1) is 23.8. The number of nitrogens with one attached hydrogen (secondary N) is 2. The number of hydrogen-bond acceptors (Lipinski definition) is 3. The lowest BCUT2D eigenvalue weighted by molar-refractivity contribution is -0.126. The van der Waals surface area contributed by atoms with Gasteiger partial charge in [-0.1, -0.05) is 36.8 Å².